The summed E-state index contributed by atoms with van der Waals surface area (Å²) >= 11 is 0. The Morgan fingerprint density at radius 1 is 0.360 bits per heavy atom. The highest BCUT2D eigenvalue weighted by Crippen LogP contribution is 2.15. The summed E-state index contributed by atoms with van der Waals surface area (Å²) in [5, 5.41) is 33.2. The van der Waals surface area contributed by atoms with Crippen molar-refractivity contribution < 1.29 is 100 Å². The van der Waals surface area contributed by atoms with E-state index in [4.69, 9.17) is 86.0 Å². The van der Waals surface area contributed by atoms with E-state index in [0.29, 0.717) is 223 Å². The summed E-state index contributed by atoms with van der Waals surface area (Å²) in [6, 6.07) is 7.41. The highest BCUT2D eigenvalue weighted by atomic mass is 16.6. The van der Waals surface area contributed by atoms with Gasteiger partial charge in [-0.15, -0.1) is 20.4 Å². The van der Waals surface area contributed by atoms with E-state index in [1.807, 2.05) is 24.3 Å². The number of rotatable bonds is 57. The first kappa shape index (κ1) is 67.0. The van der Waals surface area contributed by atoms with E-state index in [2.05, 4.69) is 20.4 Å². The number of hydrogen-bond donors (Lipinski definition) is 2. The van der Waals surface area contributed by atoms with Crippen molar-refractivity contribution in [1.29, 1.82) is 0 Å². The van der Waals surface area contributed by atoms with Crippen LogP contribution in [-0.2, 0) is 96.6 Å². The van der Waals surface area contributed by atoms with Crippen LogP contribution in [0.4, 0.5) is 0 Å². The van der Waals surface area contributed by atoms with Crippen molar-refractivity contribution in [1.82, 2.24) is 25.3 Å². The average Bonchev–Trinajstić information content (AvgIpc) is 3.40. The average molecular weight is 1080 g/mol. The van der Waals surface area contributed by atoms with E-state index >= 15 is 0 Å². The van der Waals surface area contributed by atoms with E-state index in [1.54, 1.807) is 11.8 Å². The summed E-state index contributed by atoms with van der Waals surface area (Å²) in [7, 11) is 0. The lowest BCUT2D eigenvalue weighted by molar-refractivity contribution is -0.139. The molecule has 2 rings (SSSR count). The standard InChI is InChI=1S/C49H83N5O21/c1-43-50-52-49(53-51-43)45-4-2-44(3-5-45)42-46(55)54(8-12-62-16-20-66-24-28-70-32-36-74-40-38-72-34-30-68-26-22-64-18-14-60-10-6-47(56)57)9-13-63-17-21-67-25-29-71-33-37-75-41-39-73-35-31-69-27-23-65-19-15-61-11-7-48(58)59/h2-5H,6-42H2,1H3,(H,56,57)(H,58,59). The van der Waals surface area contributed by atoms with Gasteiger partial charge in [0.05, 0.1) is 231 Å². The third-order valence-electron chi connectivity index (χ3n) is 9.64. The molecule has 0 aliphatic heterocycles. The number of benzene rings is 1. The third kappa shape index (κ3) is 43.7. The Balaban J connectivity index is 1.46. The maximum atomic E-state index is 13.5. The molecule has 0 radical (unpaired) electrons. The molecule has 26 nitrogen and oxygen atoms in total. The van der Waals surface area contributed by atoms with Crippen molar-refractivity contribution in [3.8, 4) is 11.4 Å². The van der Waals surface area contributed by atoms with Crippen molar-refractivity contribution in [3.63, 3.8) is 0 Å². The van der Waals surface area contributed by atoms with Crippen molar-refractivity contribution in [2.24, 2.45) is 0 Å². The summed E-state index contributed by atoms with van der Waals surface area (Å²) in [5.74, 6) is -0.960. The van der Waals surface area contributed by atoms with E-state index in [-0.39, 0.29) is 38.4 Å². The Bertz CT molecular complexity index is 1560. The van der Waals surface area contributed by atoms with Gasteiger partial charge in [-0.25, -0.2) is 0 Å². The number of aromatic nitrogens is 4. The van der Waals surface area contributed by atoms with Gasteiger partial charge < -0.3 is 90.9 Å². The molecule has 0 saturated heterocycles. The van der Waals surface area contributed by atoms with Gasteiger partial charge in [0.15, 0.2) is 5.82 Å². The van der Waals surface area contributed by atoms with Gasteiger partial charge >= 0.3 is 11.9 Å². The first-order valence-electron chi connectivity index (χ1n) is 25.4. The van der Waals surface area contributed by atoms with Crippen LogP contribution in [0.5, 0.6) is 0 Å². The lowest BCUT2D eigenvalue weighted by Gasteiger charge is -2.23. The molecular formula is C49H83N5O21. The largest absolute Gasteiger partial charge is 0.481 e. The van der Waals surface area contributed by atoms with Crippen LogP contribution in [0, 0.1) is 6.92 Å². The van der Waals surface area contributed by atoms with Crippen LogP contribution in [0.1, 0.15) is 24.2 Å². The number of aliphatic carboxylic acids is 2. The van der Waals surface area contributed by atoms with Crippen molar-refractivity contribution in [2.45, 2.75) is 26.2 Å². The molecule has 1 aromatic heterocycles. The smallest absolute Gasteiger partial charge is 0.305 e. The fourth-order valence-electron chi connectivity index (χ4n) is 5.77. The van der Waals surface area contributed by atoms with Gasteiger partial charge in [0.1, 0.15) is 0 Å². The van der Waals surface area contributed by atoms with E-state index in [9.17, 15) is 14.4 Å². The molecule has 0 fully saturated rings. The van der Waals surface area contributed by atoms with Gasteiger partial charge in [0.25, 0.3) is 0 Å². The minimum absolute atomic E-state index is 0.0214. The Morgan fingerprint density at radius 2 is 0.600 bits per heavy atom. The zero-order valence-corrected chi connectivity index (χ0v) is 43.9. The van der Waals surface area contributed by atoms with E-state index in [0.717, 1.165) is 11.1 Å². The number of carbonyl (C=O) groups is 3. The number of carboxylic acids is 2. The number of carboxylic acid groups (broad SMARTS) is 2. The summed E-state index contributed by atoms with van der Waals surface area (Å²) in [6.07, 6.45) is 0.146. The van der Waals surface area contributed by atoms with Crippen LogP contribution < -0.4 is 0 Å². The summed E-state index contributed by atoms with van der Waals surface area (Å²) in [4.78, 5) is 36.0. The highest BCUT2D eigenvalue weighted by molar-refractivity contribution is 5.79. The second-order valence-electron chi connectivity index (χ2n) is 15.6. The molecule has 0 unspecified atom stereocenters. The molecule has 0 aliphatic carbocycles. The zero-order chi connectivity index (χ0) is 53.8. The van der Waals surface area contributed by atoms with Crippen LogP contribution >= 0.6 is 0 Å². The monoisotopic (exact) mass is 1080 g/mol. The van der Waals surface area contributed by atoms with E-state index in [1.165, 1.54) is 0 Å². The summed E-state index contributed by atoms with van der Waals surface area (Å²) in [6.45, 7) is 15.0. The van der Waals surface area contributed by atoms with Crippen LogP contribution in [0.2, 0.25) is 0 Å². The van der Waals surface area contributed by atoms with Gasteiger partial charge in [0.2, 0.25) is 11.7 Å². The normalized spacial score (nSPS) is 11.4. The van der Waals surface area contributed by atoms with Crippen molar-refractivity contribution in [3.05, 3.63) is 35.7 Å². The number of hydrogen-bond acceptors (Lipinski definition) is 23. The molecule has 0 saturated carbocycles. The van der Waals surface area contributed by atoms with Gasteiger partial charge in [-0.1, -0.05) is 24.3 Å². The third-order valence-corrected chi connectivity index (χ3v) is 9.64. The number of nitrogens with zero attached hydrogens (tertiary/aromatic N) is 5. The molecule has 26 heteroatoms. The Kier molecular flexibility index (Phi) is 45.3. The number of amides is 1. The SMILES string of the molecule is Cc1nnc(-c2ccc(CC(=O)N(CCOCCOCCOCCOCCOCCOCCOCCOCCC(=O)O)CCOCCOCCOCCOCCOCCOCCOCCOCCC(=O)O)cc2)nn1. The maximum Gasteiger partial charge on any atom is 0.305 e. The summed E-state index contributed by atoms with van der Waals surface area (Å²) < 4.78 is 87.8. The first-order chi connectivity index (χ1) is 36.8. The van der Waals surface area contributed by atoms with Gasteiger partial charge in [-0.3, -0.25) is 14.4 Å². The van der Waals surface area contributed by atoms with Crippen LogP contribution in [0.25, 0.3) is 11.4 Å². The Morgan fingerprint density at radius 3 is 0.853 bits per heavy atom. The van der Waals surface area contributed by atoms with Crippen molar-refractivity contribution in [2.75, 3.05) is 225 Å². The molecule has 1 amide bonds. The molecule has 1 heterocycles. The maximum absolute atomic E-state index is 13.5. The molecule has 1 aromatic carbocycles. The van der Waals surface area contributed by atoms with Crippen LogP contribution in [0.15, 0.2) is 24.3 Å². The molecule has 75 heavy (non-hydrogen) atoms. The second-order valence-corrected chi connectivity index (χ2v) is 15.6. The van der Waals surface area contributed by atoms with Crippen LogP contribution in [-0.4, -0.2) is 278 Å². The molecule has 0 spiro atoms. The molecule has 2 aromatic rings. The predicted octanol–water partition coefficient (Wildman–Crippen LogP) is 0.828. The fourth-order valence-corrected chi connectivity index (χ4v) is 5.77. The molecule has 0 bridgehead atoms. The lowest BCUT2D eigenvalue weighted by Crippen LogP contribution is -2.38. The zero-order valence-electron chi connectivity index (χ0n) is 43.9. The number of aryl methyl sites for hydroxylation is 1. The summed E-state index contributed by atoms with van der Waals surface area (Å²) in [5.41, 5.74) is 1.58. The molecule has 430 valence electrons. The number of carbonyl (C=O) groups excluding carboxylic acids is 1. The van der Waals surface area contributed by atoms with Crippen LogP contribution in [0.3, 0.4) is 0 Å². The number of ether oxygens (including phenoxy) is 16. The minimum Gasteiger partial charge on any atom is -0.481 e. The van der Waals surface area contributed by atoms with Crippen molar-refractivity contribution >= 4 is 17.8 Å². The minimum atomic E-state index is -0.889. The van der Waals surface area contributed by atoms with Gasteiger partial charge in [0, 0.05) is 18.7 Å². The quantitative estimate of drug-likeness (QED) is 0.0867. The van der Waals surface area contributed by atoms with Gasteiger partial charge in [-0.2, -0.15) is 0 Å². The molecule has 0 aliphatic rings. The lowest BCUT2D eigenvalue weighted by atomic mass is 10.1. The molecule has 2 N–H and O–H groups in total. The first-order valence-corrected chi connectivity index (χ1v) is 25.4. The second kappa shape index (κ2) is 50.7. The highest BCUT2D eigenvalue weighted by Gasteiger charge is 2.15. The Labute approximate surface area is 440 Å². The molecule has 0 atom stereocenters. The van der Waals surface area contributed by atoms with Gasteiger partial charge in [-0.05, 0) is 12.5 Å². The Hall–Kier alpha value is -4.07. The topological polar surface area (TPSA) is 294 Å². The predicted molar refractivity (Wildman–Crippen MR) is 266 cm³/mol. The fraction of sp³-hybridized carbons (Fsp3) is 0.776. The molecular weight excluding hydrogens is 995 g/mol. The van der Waals surface area contributed by atoms with E-state index < -0.39 is 11.9 Å².